The number of rotatable bonds is 8. The van der Waals surface area contributed by atoms with E-state index in [1.807, 2.05) is 0 Å². The first-order valence-electron chi connectivity index (χ1n) is 11.5. The lowest BCUT2D eigenvalue weighted by Crippen LogP contribution is -2.29. The average Bonchev–Trinajstić information content (AvgIpc) is 3.43. The van der Waals surface area contributed by atoms with Gasteiger partial charge in [0.2, 0.25) is 0 Å². The average molecular weight is 550 g/mol. The van der Waals surface area contributed by atoms with Crippen LogP contribution in [0.15, 0.2) is 60.7 Å². The summed E-state index contributed by atoms with van der Waals surface area (Å²) >= 11 is 0.848. The maximum Gasteiger partial charge on any atom is 0.350 e. The minimum atomic E-state index is -1.18. The van der Waals surface area contributed by atoms with E-state index >= 15 is 0 Å². The summed E-state index contributed by atoms with van der Waals surface area (Å²) in [6.07, 6.45) is 1.41. The van der Waals surface area contributed by atoms with Gasteiger partial charge in [-0.3, -0.25) is 24.6 Å². The second-order valence-electron chi connectivity index (χ2n) is 8.50. The molecule has 1 aliphatic rings. The van der Waals surface area contributed by atoms with Crippen molar-refractivity contribution in [2.45, 2.75) is 19.9 Å². The zero-order valence-corrected chi connectivity index (χ0v) is 22.0. The molecule has 1 atom stereocenters. The van der Waals surface area contributed by atoms with Crippen LogP contribution in [-0.2, 0) is 14.3 Å². The number of aromatic nitrogens is 1. The summed E-state index contributed by atoms with van der Waals surface area (Å²) in [5, 5.41) is 22.5. The number of aliphatic hydroxyl groups is 1. The van der Waals surface area contributed by atoms with E-state index in [1.165, 1.54) is 37.5 Å². The molecule has 1 unspecified atom stereocenters. The number of ether oxygens (including phenoxy) is 2. The Labute approximate surface area is 226 Å². The van der Waals surface area contributed by atoms with E-state index in [-0.39, 0.29) is 39.1 Å². The number of benzene rings is 2. The summed E-state index contributed by atoms with van der Waals surface area (Å²) in [7, 11) is 1.50. The zero-order chi connectivity index (χ0) is 28.4. The molecule has 1 fully saturated rings. The Morgan fingerprint density at radius 3 is 2.51 bits per heavy atom. The maximum atomic E-state index is 13.4. The molecule has 0 saturated carbocycles. The molecule has 1 saturated heterocycles. The summed E-state index contributed by atoms with van der Waals surface area (Å²) in [5.74, 6) is -2.51. The molecule has 1 amide bonds. The summed E-state index contributed by atoms with van der Waals surface area (Å²) in [5.41, 5.74) is 1.11. The normalized spacial score (nSPS) is 16.3. The van der Waals surface area contributed by atoms with Gasteiger partial charge in [-0.15, -0.1) is 0 Å². The molecule has 0 radical (unpaired) electrons. The van der Waals surface area contributed by atoms with Crippen LogP contribution in [0, 0.1) is 24.0 Å². The van der Waals surface area contributed by atoms with E-state index in [1.54, 1.807) is 32.0 Å². The van der Waals surface area contributed by atoms with Crippen molar-refractivity contribution in [1.29, 1.82) is 0 Å². The highest BCUT2D eigenvalue weighted by molar-refractivity contribution is 7.17. The van der Waals surface area contributed by atoms with Gasteiger partial charge < -0.3 is 14.6 Å². The number of aryl methyl sites for hydroxylation is 2. The molecular weight excluding hydrogens is 526 g/mol. The van der Waals surface area contributed by atoms with Crippen LogP contribution in [0.25, 0.3) is 5.76 Å². The number of hydrogen-bond donors (Lipinski definition) is 1. The molecule has 1 aliphatic heterocycles. The van der Waals surface area contributed by atoms with Gasteiger partial charge in [-0.25, -0.2) is 9.78 Å². The summed E-state index contributed by atoms with van der Waals surface area (Å²) in [4.78, 5) is 55.4. The van der Waals surface area contributed by atoms with Crippen molar-refractivity contribution >= 4 is 45.6 Å². The molecule has 0 bridgehead atoms. The van der Waals surface area contributed by atoms with Crippen LogP contribution in [0.2, 0.25) is 0 Å². The minimum Gasteiger partial charge on any atom is -0.507 e. The number of nitro groups is 1. The minimum absolute atomic E-state index is 0.0217. The van der Waals surface area contributed by atoms with Crippen molar-refractivity contribution in [3.63, 3.8) is 0 Å². The number of thiazole rings is 1. The first kappa shape index (κ1) is 27.2. The molecule has 200 valence electrons. The van der Waals surface area contributed by atoms with E-state index in [4.69, 9.17) is 9.47 Å². The lowest BCUT2D eigenvalue weighted by atomic mass is 9.94. The van der Waals surface area contributed by atoms with Gasteiger partial charge in [0.25, 0.3) is 11.5 Å². The number of nitro benzene ring substituents is 1. The fourth-order valence-corrected chi connectivity index (χ4v) is 5.17. The number of methoxy groups -OCH3 is 1. The highest BCUT2D eigenvalue weighted by Gasteiger charge is 2.48. The van der Waals surface area contributed by atoms with E-state index in [9.17, 15) is 29.6 Å². The van der Waals surface area contributed by atoms with Crippen LogP contribution in [0.4, 0.5) is 10.8 Å². The first-order chi connectivity index (χ1) is 18.6. The lowest BCUT2D eigenvalue weighted by molar-refractivity contribution is -0.384. The SMILES string of the molecule is C=CCOC(=O)c1sc(N2C(=O)C(=O)/C(=C(/O)c3ccc(OC)c(C)c3)C2c2ccc([N+](=O)[O-])cc2)nc1C. The van der Waals surface area contributed by atoms with Crippen LogP contribution < -0.4 is 9.64 Å². The van der Waals surface area contributed by atoms with Crippen molar-refractivity contribution in [2.75, 3.05) is 18.6 Å². The molecule has 1 N–H and O–H groups in total. The second-order valence-corrected chi connectivity index (χ2v) is 9.48. The topological polar surface area (TPSA) is 149 Å². The number of aliphatic hydroxyl groups excluding tert-OH is 1. The summed E-state index contributed by atoms with van der Waals surface area (Å²) < 4.78 is 10.4. The van der Waals surface area contributed by atoms with Gasteiger partial charge in [0, 0.05) is 17.7 Å². The molecule has 12 heteroatoms. The molecule has 0 aliphatic carbocycles. The molecule has 2 heterocycles. The van der Waals surface area contributed by atoms with E-state index in [0.29, 0.717) is 16.9 Å². The Morgan fingerprint density at radius 2 is 1.92 bits per heavy atom. The lowest BCUT2D eigenvalue weighted by Gasteiger charge is -2.23. The Bertz CT molecular complexity index is 1540. The Hall–Kier alpha value is -4.84. The molecule has 1 aromatic heterocycles. The highest BCUT2D eigenvalue weighted by atomic mass is 32.1. The van der Waals surface area contributed by atoms with E-state index in [2.05, 4.69) is 11.6 Å². The number of Topliss-reactive ketones (excluding diaryl/α,β-unsaturated/α-hetero) is 1. The van der Waals surface area contributed by atoms with Crippen molar-refractivity contribution in [1.82, 2.24) is 4.98 Å². The first-order valence-corrected chi connectivity index (χ1v) is 12.4. The number of carbonyl (C=O) groups is 3. The molecule has 2 aromatic carbocycles. The number of anilines is 1. The third-order valence-corrected chi connectivity index (χ3v) is 7.18. The smallest absolute Gasteiger partial charge is 0.350 e. The van der Waals surface area contributed by atoms with Crippen LogP contribution in [0.1, 0.15) is 38.1 Å². The third kappa shape index (κ3) is 5.01. The number of carbonyl (C=O) groups excluding carboxylic acids is 3. The zero-order valence-electron chi connectivity index (χ0n) is 21.2. The largest absolute Gasteiger partial charge is 0.507 e. The predicted molar refractivity (Wildman–Crippen MR) is 143 cm³/mol. The van der Waals surface area contributed by atoms with E-state index in [0.717, 1.165) is 16.2 Å². The van der Waals surface area contributed by atoms with Crippen molar-refractivity contribution in [3.8, 4) is 5.75 Å². The molecule has 4 rings (SSSR count). The molecule has 11 nitrogen and oxygen atoms in total. The predicted octanol–water partition coefficient (Wildman–Crippen LogP) is 4.65. The quantitative estimate of drug-likeness (QED) is 0.0806. The number of amides is 1. The summed E-state index contributed by atoms with van der Waals surface area (Å²) in [6, 6.07) is 8.85. The van der Waals surface area contributed by atoms with Crippen LogP contribution in [-0.4, -0.2) is 46.4 Å². The highest BCUT2D eigenvalue weighted by Crippen LogP contribution is 2.44. The van der Waals surface area contributed by atoms with Gasteiger partial charge in [-0.2, -0.15) is 0 Å². The van der Waals surface area contributed by atoms with Crippen molar-refractivity contribution in [2.24, 2.45) is 0 Å². The fourth-order valence-electron chi connectivity index (χ4n) is 4.18. The third-order valence-electron chi connectivity index (χ3n) is 6.04. The number of nitrogens with zero attached hydrogens (tertiary/aromatic N) is 3. The molecular formula is C27H23N3O8S. The van der Waals surface area contributed by atoms with Gasteiger partial charge in [0.15, 0.2) is 5.13 Å². The van der Waals surface area contributed by atoms with Crippen LogP contribution >= 0.6 is 11.3 Å². The molecule has 39 heavy (non-hydrogen) atoms. The second kappa shape index (κ2) is 10.9. The molecule has 0 spiro atoms. The Kier molecular flexibility index (Phi) is 7.58. The standard InChI is InChI=1S/C27H23N3O8S/c1-5-12-38-26(34)24-15(3)28-27(39-24)29-21(16-6-9-18(10-7-16)30(35)36)20(23(32)25(29)33)22(31)17-8-11-19(37-4)14(2)13-17/h5-11,13,21,31H,1,12H2,2-4H3/b22-20+. The van der Waals surface area contributed by atoms with Crippen molar-refractivity contribution < 1.29 is 33.9 Å². The number of esters is 1. The van der Waals surface area contributed by atoms with Gasteiger partial charge in [-0.05, 0) is 55.3 Å². The monoisotopic (exact) mass is 549 g/mol. The Morgan fingerprint density at radius 1 is 1.23 bits per heavy atom. The maximum absolute atomic E-state index is 13.4. The van der Waals surface area contributed by atoms with Gasteiger partial charge in [0.05, 0.1) is 29.3 Å². The number of non-ortho nitro benzene ring substituents is 1. The van der Waals surface area contributed by atoms with Gasteiger partial charge in [-0.1, -0.05) is 24.0 Å². The Balaban J connectivity index is 1.90. The van der Waals surface area contributed by atoms with Gasteiger partial charge in [0.1, 0.15) is 23.0 Å². The van der Waals surface area contributed by atoms with Crippen LogP contribution in [0.5, 0.6) is 5.75 Å². The van der Waals surface area contributed by atoms with Gasteiger partial charge >= 0.3 is 11.9 Å². The van der Waals surface area contributed by atoms with Crippen molar-refractivity contribution in [3.05, 3.63) is 98.1 Å². The fraction of sp³-hybridized carbons (Fsp3) is 0.185. The van der Waals surface area contributed by atoms with E-state index < -0.39 is 34.4 Å². The molecule has 3 aromatic rings. The number of hydrogen-bond acceptors (Lipinski definition) is 10. The van der Waals surface area contributed by atoms with Crippen LogP contribution in [0.3, 0.4) is 0 Å². The summed E-state index contributed by atoms with van der Waals surface area (Å²) in [6.45, 7) is 6.79. The number of ketones is 1.